The van der Waals surface area contributed by atoms with Crippen molar-refractivity contribution in [3.05, 3.63) is 106 Å². The summed E-state index contributed by atoms with van der Waals surface area (Å²) in [5, 5.41) is 6.27. The van der Waals surface area contributed by atoms with E-state index in [-0.39, 0.29) is 17.6 Å². The van der Waals surface area contributed by atoms with E-state index in [1.807, 2.05) is 0 Å². The maximum absolute atomic E-state index is 12.5. The molecule has 2 aromatic carbocycles. The SMILES string of the molecule is O=C(Nc1ccc(C(=O)NCc2ccc(CN3CCc4ccccc43)cc2)s1)c1ccco1. The Bertz CT molecular complexity index is 1260. The van der Waals surface area contributed by atoms with Gasteiger partial charge in [-0.2, -0.15) is 0 Å². The van der Waals surface area contributed by atoms with Crippen molar-refractivity contribution in [2.24, 2.45) is 0 Å². The van der Waals surface area contributed by atoms with Crippen LogP contribution >= 0.6 is 11.3 Å². The summed E-state index contributed by atoms with van der Waals surface area (Å²) in [6.07, 6.45) is 2.54. The lowest BCUT2D eigenvalue weighted by molar-refractivity contribution is 0.0953. The van der Waals surface area contributed by atoms with E-state index >= 15 is 0 Å². The van der Waals surface area contributed by atoms with Crippen LogP contribution in [0.3, 0.4) is 0 Å². The quantitative estimate of drug-likeness (QED) is 0.406. The maximum atomic E-state index is 12.5. The number of anilines is 2. The van der Waals surface area contributed by atoms with Crippen molar-refractivity contribution >= 4 is 33.8 Å². The lowest BCUT2D eigenvalue weighted by atomic mass is 10.1. The Labute approximate surface area is 195 Å². The first-order valence-electron chi connectivity index (χ1n) is 10.8. The van der Waals surface area contributed by atoms with Crippen LogP contribution < -0.4 is 15.5 Å². The fourth-order valence-corrected chi connectivity index (χ4v) is 4.75. The third-order valence-corrected chi connectivity index (χ3v) is 6.64. The molecule has 0 saturated heterocycles. The largest absolute Gasteiger partial charge is 0.459 e. The normalized spacial score (nSPS) is 12.4. The summed E-state index contributed by atoms with van der Waals surface area (Å²) in [5.74, 6) is -0.283. The van der Waals surface area contributed by atoms with Crippen molar-refractivity contribution in [3.8, 4) is 0 Å². The van der Waals surface area contributed by atoms with Crippen LogP contribution in [-0.2, 0) is 19.5 Å². The molecule has 0 saturated carbocycles. The van der Waals surface area contributed by atoms with Gasteiger partial charge in [0.1, 0.15) is 0 Å². The molecule has 1 aliphatic rings. The van der Waals surface area contributed by atoms with Gasteiger partial charge in [-0.3, -0.25) is 9.59 Å². The van der Waals surface area contributed by atoms with Gasteiger partial charge in [0, 0.05) is 25.3 Å². The van der Waals surface area contributed by atoms with E-state index in [2.05, 4.69) is 64.1 Å². The Balaban J connectivity index is 1.13. The first kappa shape index (κ1) is 21.0. The molecule has 2 aromatic heterocycles. The van der Waals surface area contributed by atoms with Crippen LogP contribution in [0.2, 0.25) is 0 Å². The van der Waals surface area contributed by atoms with Gasteiger partial charge in [-0.1, -0.05) is 42.5 Å². The van der Waals surface area contributed by atoms with E-state index in [0.29, 0.717) is 16.4 Å². The molecule has 3 heterocycles. The van der Waals surface area contributed by atoms with Gasteiger partial charge in [-0.15, -0.1) is 11.3 Å². The van der Waals surface area contributed by atoms with E-state index in [9.17, 15) is 9.59 Å². The number of hydrogen-bond acceptors (Lipinski definition) is 5. The molecule has 5 rings (SSSR count). The van der Waals surface area contributed by atoms with Crippen molar-refractivity contribution in [2.45, 2.75) is 19.5 Å². The van der Waals surface area contributed by atoms with Crippen LogP contribution in [0.25, 0.3) is 0 Å². The van der Waals surface area contributed by atoms with Crippen molar-refractivity contribution in [1.29, 1.82) is 0 Å². The van der Waals surface area contributed by atoms with Gasteiger partial charge < -0.3 is 20.0 Å². The fourth-order valence-electron chi connectivity index (χ4n) is 3.93. The minimum atomic E-state index is -0.341. The first-order chi connectivity index (χ1) is 16.2. The lowest BCUT2D eigenvalue weighted by Crippen LogP contribution is -2.22. The van der Waals surface area contributed by atoms with E-state index in [1.54, 1.807) is 24.3 Å². The fraction of sp³-hybridized carbons (Fsp3) is 0.154. The molecule has 2 N–H and O–H groups in total. The molecular weight excluding hydrogens is 434 g/mol. The van der Waals surface area contributed by atoms with Crippen molar-refractivity contribution in [3.63, 3.8) is 0 Å². The predicted octanol–water partition coefficient (Wildman–Crippen LogP) is 5.09. The molecule has 0 aliphatic carbocycles. The second-order valence-electron chi connectivity index (χ2n) is 7.89. The highest BCUT2D eigenvalue weighted by Gasteiger charge is 2.18. The number of hydrogen-bond donors (Lipinski definition) is 2. The van der Waals surface area contributed by atoms with E-state index in [1.165, 1.54) is 34.4 Å². The van der Waals surface area contributed by atoms with Crippen LogP contribution in [0, 0.1) is 0 Å². The Hall–Kier alpha value is -3.84. The number of carbonyl (C=O) groups is 2. The van der Waals surface area contributed by atoms with Crippen LogP contribution in [0.4, 0.5) is 10.7 Å². The molecule has 2 amide bonds. The smallest absolute Gasteiger partial charge is 0.291 e. The maximum Gasteiger partial charge on any atom is 0.291 e. The predicted molar refractivity (Wildman–Crippen MR) is 130 cm³/mol. The average Bonchev–Trinajstić information content (AvgIpc) is 3.60. The number of nitrogens with one attached hydrogen (secondary N) is 2. The highest BCUT2D eigenvalue weighted by atomic mass is 32.1. The molecule has 1 aliphatic heterocycles. The highest BCUT2D eigenvalue weighted by Crippen LogP contribution is 2.29. The summed E-state index contributed by atoms with van der Waals surface area (Å²) >= 11 is 1.23. The highest BCUT2D eigenvalue weighted by molar-refractivity contribution is 7.18. The minimum absolute atomic E-state index is 0.170. The number of benzene rings is 2. The standard InChI is InChI=1S/C26H23N3O3S/c30-25(22-6-3-15-32-22)28-24-12-11-23(33-24)26(31)27-16-18-7-9-19(10-8-18)17-29-14-13-20-4-1-2-5-21(20)29/h1-12,15H,13-14,16-17H2,(H,27,31)(H,28,30). The van der Waals surface area contributed by atoms with Crippen LogP contribution in [-0.4, -0.2) is 18.4 Å². The second-order valence-corrected chi connectivity index (χ2v) is 8.98. The zero-order chi connectivity index (χ0) is 22.6. The zero-order valence-corrected chi connectivity index (χ0v) is 18.7. The van der Waals surface area contributed by atoms with Gasteiger partial charge in [-0.05, 0) is 53.4 Å². The summed E-state index contributed by atoms with van der Waals surface area (Å²) in [7, 11) is 0. The monoisotopic (exact) mass is 457 g/mol. The van der Waals surface area contributed by atoms with Crippen molar-refractivity contribution in [2.75, 3.05) is 16.8 Å². The number of fused-ring (bicyclic) bond motifs is 1. The summed E-state index contributed by atoms with van der Waals surface area (Å²) in [6, 6.07) is 23.6. The van der Waals surface area contributed by atoms with Gasteiger partial charge >= 0.3 is 0 Å². The Morgan fingerprint density at radius 3 is 2.55 bits per heavy atom. The zero-order valence-electron chi connectivity index (χ0n) is 17.9. The third-order valence-electron chi connectivity index (χ3n) is 5.64. The topological polar surface area (TPSA) is 74.6 Å². The van der Waals surface area contributed by atoms with E-state index in [4.69, 9.17) is 4.42 Å². The molecule has 0 bridgehead atoms. The average molecular weight is 458 g/mol. The second kappa shape index (κ2) is 9.34. The van der Waals surface area contributed by atoms with Gasteiger partial charge in [0.05, 0.1) is 16.1 Å². The lowest BCUT2D eigenvalue weighted by Gasteiger charge is -2.19. The number of rotatable bonds is 7. The molecule has 33 heavy (non-hydrogen) atoms. The molecule has 0 atom stereocenters. The molecule has 166 valence electrons. The number of carbonyl (C=O) groups excluding carboxylic acids is 2. The van der Waals surface area contributed by atoms with E-state index in [0.717, 1.165) is 25.1 Å². The molecule has 0 unspecified atom stereocenters. The summed E-state index contributed by atoms with van der Waals surface area (Å²) in [4.78, 5) is 27.5. The molecular formula is C26H23N3O3S. The Morgan fingerprint density at radius 1 is 0.909 bits per heavy atom. The number of nitrogens with zero attached hydrogens (tertiary/aromatic N) is 1. The minimum Gasteiger partial charge on any atom is -0.459 e. The number of para-hydroxylation sites is 1. The van der Waals surface area contributed by atoms with Crippen molar-refractivity contribution in [1.82, 2.24) is 5.32 Å². The Kier molecular flexibility index (Phi) is 5.95. The molecule has 0 fully saturated rings. The third kappa shape index (κ3) is 4.83. The molecule has 0 radical (unpaired) electrons. The van der Waals surface area contributed by atoms with Gasteiger partial charge in [0.2, 0.25) is 0 Å². The van der Waals surface area contributed by atoms with Gasteiger partial charge in [-0.25, -0.2) is 0 Å². The molecule has 7 heteroatoms. The van der Waals surface area contributed by atoms with Crippen LogP contribution in [0.5, 0.6) is 0 Å². The summed E-state index contributed by atoms with van der Waals surface area (Å²) in [6.45, 7) is 2.37. The van der Waals surface area contributed by atoms with Gasteiger partial charge in [0.15, 0.2) is 5.76 Å². The van der Waals surface area contributed by atoms with Crippen LogP contribution in [0.1, 0.15) is 36.9 Å². The van der Waals surface area contributed by atoms with Gasteiger partial charge in [0.25, 0.3) is 11.8 Å². The number of amides is 2. The summed E-state index contributed by atoms with van der Waals surface area (Å²) in [5.41, 5.74) is 5.02. The Morgan fingerprint density at radius 2 is 1.73 bits per heavy atom. The molecule has 4 aromatic rings. The molecule has 0 spiro atoms. The van der Waals surface area contributed by atoms with Crippen LogP contribution in [0.15, 0.2) is 83.5 Å². The number of thiophene rings is 1. The summed E-state index contributed by atoms with van der Waals surface area (Å²) < 4.78 is 5.08. The first-order valence-corrected chi connectivity index (χ1v) is 11.6. The van der Waals surface area contributed by atoms with Crippen molar-refractivity contribution < 1.29 is 14.0 Å². The molecule has 6 nitrogen and oxygen atoms in total. The van der Waals surface area contributed by atoms with E-state index < -0.39 is 0 Å². The number of furan rings is 1.